The molecule has 98 valence electrons. The number of aromatic nitrogens is 1. The summed E-state index contributed by atoms with van der Waals surface area (Å²) in [4.78, 5) is 17.7. The lowest BCUT2D eigenvalue weighted by atomic mass is 10.2. The Labute approximate surface area is 113 Å². The van der Waals surface area contributed by atoms with E-state index < -0.39 is 0 Å². The molecule has 0 aliphatic carbocycles. The molecule has 5 nitrogen and oxygen atoms in total. The minimum Gasteiger partial charge on any atom is -0.438 e. The highest BCUT2D eigenvalue weighted by Gasteiger charge is 2.25. The van der Waals surface area contributed by atoms with Crippen molar-refractivity contribution in [3.8, 4) is 0 Å². The van der Waals surface area contributed by atoms with Gasteiger partial charge in [0.05, 0.1) is 5.69 Å². The third kappa shape index (κ3) is 3.59. The van der Waals surface area contributed by atoms with Crippen LogP contribution in [0.5, 0.6) is 0 Å². The van der Waals surface area contributed by atoms with Crippen molar-refractivity contribution in [2.45, 2.75) is 19.9 Å². The van der Waals surface area contributed by atoms with Crippen LogP contribution in [-0.4, -0.2) is 41.5 Å². The van der Waals surface area contributed by atoms with Crippen molar-refractivity contribution in [1.82, 2.24) is 15.2 Å². The van der Waals surface area contributed by atoms with E-state index in [1.807, 2.05) is 0 Å². The van der Waals surface area contributed by atoms with Crippen molar-refractivity contribution in [2.75, 3.05) is 19.6 Å². The Morgan fingerprint density at radius 3 is 2.82 bits per heavy atom. The third-order valence-electron chi connectivity index (χ3n) is 2.60. The van der Waals surface area contributed by atoms with Crippen molar-refractivity contribution < 1.29 is 9.21 Å². The fourth-order valence-corrected chi connectivity index (χ4v) is 1.77. The van der Waals surface area contributed by atoms with Crippen molar-refractivity contribution >= 4 is 30.7 Å². The molecule has 1 atom stereocenters. The number of rotatable bonds is 1. The summed E-state index contributed by atoms with van der Waals surface area (Å²) in [6, 6.07) is 0.339. The predicted molar refractivity (Wildman–Crippen MR) is 69.1 cm³/mol. The first kappa shape index (κ1) is 16.2. The number of piperazine rings is 1. The Bertz CT molecular complexity index is 370. The summed E-state index contributed by atoms with van der Waals surface area (Å²) in [5.41, 5.74) is 0.659. The average Bonchev–Trinajstić information content (AvgIpc) is 2.63. The molecule has 0 spiro atoms. The summed E-state index contributed by atoms with van der Waals surface area (Å²) >= 11 is 0. The Morgan fingerprint density at radius 2 is 2.29 bits per heavy atom. The second kappa shape index (κ2) is 6.83. The normalized spacial score (nSPS) is 19.2. The summed E-state index contributed by atoms with van der Waals surface area (Å²) in [5, 5.41) is 3.29. The molecular weight excluding hydrogens is 265 g/mol. The number of nitrogens with zero attached hydrogens (tertiary/aromatic N) is 2. The number of amides is 1. The number of carbonyl (C=O) groups excluding carboxylic acids is 1. The van der Waals surface area contributed by atoms with Crippen LogP contribution in [0.25, 0.3) is 0 Å². The number of carbonyl (C=O) groups is 1. The molecule has 0 saturated carbocycles. The molecule has 2 rings (SSSR count). The van der Waals surface area contributed by atoms with Gasteiger partial charge >= 0.3 is 0 Å². The van der Waals surface area contributed by atoms with Gasteiger partial charge in [-0.3, -0.25) is 4.79 Å². The number of nitrogens with one attached hydrogen (secondary N) is 1. The molecule has 1 unspecified atom stereocenters. The van der Waals surface area contributed by atoms with Gasteiger partial charge in [-0.2, -0.15) is 0 Å². The van der Waals surface area contributed by atoms with Crippen LogP contribution in [-0.2, 0) is 0 Å². The zero-order valence-electron chi connectivity index (χ0n) is 9.80. The molecular formula is C10H17Cl2N3O2. The molecule has 1 fully saturated rings. The Balaban J connectivity index is 0.00000128. The van der Waals surface area contributed by atoms with Gasteiger partial charge in [-0.15, -0.1) is 24.8 Å². The van der Waals surface area contributed by atoms with Crippen LogP contribution in [0.2, 0.25) is 0 Å². The van der Waals surface area contributed by atoms with E-state index in [1.54, 1.807) is 11.8 Å². The van der Waals surface area contributed by atoms with Crippen LogP contribution in [0.4, 0.5) is 0 Å². The molecule has 0 radical (unpaired) electrons. The maximum atomic E-state index is 12.0. The lowest BCUT2D eigenvalue weighted by Crippen LogP contribution is -2.51. The molecule has 17 heavy (non-hydrogen) atoms. The van der Waals surface area contributed by atoms with Gasteiger partial charge in [0, 0.05) is 25.7 Å². The van der Waals surface area contributed by atoms with Gasteiger partial charge in [0.25, 0.3) is 5.91 Å². The molecule has 1 amide bonds. The Morgan fingerprint density at radius 1 is 1.59 bits per heavy atom. The fraction of sp³-hybridized carbons (Fsp3) is 0.600. The maximum absolute atomic E-state index is 12.0. The number of hydrogen-bond acceptors (Lipinski definition) is 4. The minimum atomic E-state index is -0.0571. The van der Waals surface area contributed by atoms with Crippen LogP contribution in [0.1, 0.15) is 23.2 Å². The van der Waals surface area contributed by atoms with E-state index in [0.29, 0.717) is 17.5 Å². The first-order chi connectivity index (χ1) is 7.18. The molecule has 7 heteroatoms. The van der Waals surface area contributed by atoms with E-state index in [-0.39, 0.29) is 30.7 Å². The van der Waals surface area contributed by atoms with Gasteiger partial charge < -0.3 is 14.6 Å². The van der Waals surface area contributed by atoms with Gasteiger partial charge in [-0.05, 0) is 13.8 Å². The molecule has 0 aromatic carbocycles. The van der Waals surface area contributed by atoms with Gasteiger partial charge in [0.1, 0.15) is 0 Å². The van der Waals surface area contributed by atoms with Gasteiger partial charge in [-0.25, -0.2) is 4.98 Å². The molecule has 0 bridgehead atoms. The van der Waals surface area contributed by atoms with Gasteiger partial charge in [0.2, 0.25) is 5.76 Å². The van der Waals surface area contributed by atoms with Crippen molar-refractivity contribution in [2.24, 2.45) is 0 Å². The lowest BCUT2D eigenvalue weighted by Gasteiger charge is -2.31. The van der Waals surface area contributed by atoms with Gasteiger partial charge in [-0.1, -0.05) is 0 Å². The van der Waals surface area contributed by atoms with Crippen molar-refractivity contribution in [3.05, 3.63) is 17.8 Å². The SMILES string of the molecule is Cc1ncoc1C(=O)N1CCNC(C)C1.Cl.Cl. The summed E-state index contributed by atoms with van der Waals surface area (Å²) in [6.07, 6.45) is 1.31. The highest BCUT2D eigenvalue weighted by Crippen LogP contribution is 2.10. The molecule has 1 N–H and O–H groups in total. The molecule has 1 saturated heterocycles. The first-order valence-corrected chi connectivity index (χ1v) is 5.11. The number of hydrogen-bond donors (Lipinski definition) is 1. The standard InChI is InChI=1S/C10H15N3O2.2ClH/c1-7-5-13(4-3-11-7)10(14)9-8(2)12-6-15-9;;/h6-7,11H,3-5H2,1-2H3;2*1H. The molecule has 1 aliphatic heterocycles. The second-order valence-corrected chi connectivity index (χ2v) is 3.87. The third-order valence-corrected chi connectivity index (χ3v) is 2.60. The smallest absolute Gasteiger partial charge is 0.291 e. The average molecular weight is 282 g/mol. The van der Waals surface area contributed by atoms with E-state index in [9.17, 15) is 4.79 Å². The highest BCUT2D eigenvalue weighted by atomic mass is 35.5. The van der Waals surface area contributed by atoms with E-state index in [0.717, 1.165) is 19.6 Å². The summed E-state index contributed by atoms with van der Waals surface area (Å²) in [5.74, 6) is 0.308. The zero-order valence-corrected chi connectivity index (χ0v) is 11.4. The zero-order chi connectivity index (χ0) is 10.8. The number of aryl methyl sites for hydroxylation is 1. The summed E-state index contributed by atoms with van der Waals surface area (Å²) in [6.45, 7) is 6.12. The quantitative estimate of drug-likeness (QED) is 0.842. The minimum absolute atomic E-state index is 0. The maximum Gasteiger partial charge on any atom is 0.291 e. The Kier molecular flexibility index (Phi) is 6.52. The van der Waals surface area contributed by atoms with Gasteiger partial charge in [0.15, 0.2) is 6.39 Å². The number of halogens is 2. The lowest BCUT2D eigenvalue weighted by molar-refractivity contribution is 0.0676. The topological polar surface area (TPSA) is 58.4 Å². The molecule has 1 aromatic rings. The number of oxazole rings is 1. The van der Waals surface area contributed by atoms with Crippen LogP contribution in [0, 0.1) is 6.92 Å². The monoisotopic (exact) mass is 281 g/mol. The van der Waals surface area contributed by atoms with Crippen LogP contribution >= 0.6 is 24.8 Å². The fourth-order valence-electron chi connectivity index (χ4n) is 1.77. The van der Waals surface area contributed by atoms with Crippen LogP contribution in [0.3, 0.4) is 0 Å². The summed E-state index contributed by atoms with van der Waals surface area (Å²) < 4.78 is 5.09. The largest absolute Gasteiger partial charge is 0.438 e. The predicted octanol–water partition coefficient (Wildman–Crippen LogP) is 1.26. The van der Waals surface area contributed by atoms with E-state index in [1.165, 1.54) is 6.39 Å². The Hall–Kier alpha value is -0.780. The first-order valence-electron chi connectivity index (χ1n) is 5.11. The highest BCUT2D eigenvalue weighted by molar-refractivity contribution is 5.92. The van der Waals surface area contributed by atoms with Crippen LogP contribution < -0.4 is 5.32 Å². The second-order valence-electron chi connectivity index (χ2n) is 3.87. The van der Waals surface area contributed by atoms with E-state index in [4.69, 9.17) is 4.42 Å². The molecule has 1 aromatic heterocycles. The molecule has 1 aliphatic rings. The van der Waals surface area contributed by atoms with E-state index in [2.05, 4.69) is 17.2 Å². The van der Waals surface area contributed by atoms with Crippen molar-refractivity contribution in [1.29, 1.82) is 0 Å². The van der Waals surface area contributed by atoms with Crippen molar-refractivity contribution in [3.63, 3.8) is 0 Å². The summed E-state index contributed by atoms with van der Waals surface area (Å²) in [7, 11) is 0. The van der Waals surface area contributed by atoms with E-state index >= 15 is 0 Å². The van der Waals surface area contributed by atoms with Crippen LogP contribution in [0.15, 0.2) is 10.8 Å². The molecule has 2 heterocycles.